The van der Waals surface area contributed by atoms with E-state index in [4.69, 9.17) is 13.9 Å². The van der Waals surface area contributed by atoms with Crippen molar-refractivity contribution in [2.24, 2.45) is 0 Å². The quantitative estimate of drug-likeness (QED) is 0.651. The van der Waals surface area contributed by atoms with Gasteiger partial charge >= 0.3 is 0 Å². The number of hydrogen-bond acceptors (Lipinski definition) is 7. The third kappa shape index (κ3) is 4.20. The molecule has 1 amide bonds. The summed E-state index contributed by atoms with van der Waals surface area (Å²) in [6, 6.07) is 11.4. The lowest BCUT2D eigenvalue weighted by molar-refractivity contribution is -0.118. The minimum absolute atomic E-state index is 0.120. The zero-order valence-corrected chi connectivity index (χ0v) is 14.8. The van der Waals surface area contributed by atoms with E-state index >= 15 is 0 Å². The van der Waals surface area contributed by atoms with Gasteiger partial charge in [0, 0.05) is 12.1 Å². The molecule has 7 nitrogen and oxygen atoms in total. The first kappa shape index (κ1) is 17.3. The molecule has 0 unspecified atom stereocenters. The molecule has 0 aliphatic carbocycles. The minimum atomic E-state index is -0.386. The molecule has 0 spiro atoms. The zero-order chi connectivity index (χ0) is 18.6. The predicted octanol–water partition coefficient (Wildman–Crippen LogP) is 3.01. The third-order valence-electron chi connectivity index (χ3n) is 3.73. The fourth-order valence-corrected chi connectivity index (χ4v) is 3.03. The number of carbonyl (C=O) groups excluding carboxylic acids is 1. The van der Waals surface area contributed by atoms with Crippen LogP contribution in [0.1, 0.15) is 5.56 Å². The molecule has 1 aliphatic heterocycles. The highest BCUT2D eigenvalue weighted by Gasteiger charge is 2.14. The first-order valence-corrected chi connectivity index (χ1v) is 9.03. The van der Waals surface area contributed by atoms with Crippen LogP contribution in [0, 0.1) is 5.82 Å². The van der Waals surface area contributed by atoms with E-state index in [0.29, 0.717) is 23.6 Å². The van der Waals surface area contributed by atoms with Gasteiger partial charge in [-0.25, -0.2) is 4.39 Å². The fourth-order valence-electron chi connectivity index (χ4n) is 2.44. The summed E-state index contributed by atoms with van der Waals surface area (Å²) >= 11 is 1.11. The molecule has 2 heterocycles. The Balaban J connectivity index is 1.28. The summed E-state index contributed by atoms with van der Waals surface area (Å²) in [5, 5.41) is 10.8. The van der Waals surface area contributed by atoms with Gasteiger partial charge in [-0.05, 0) is 35.9 Å². The normalized spacial score (nSPS) is 12.2. The van der Waals surface area contributed by atoms with Crippen molar-refractivity contribution in [2.45, 2.75) is 11.8 Å². The monoisotopic (exact) mass is 387 g/mol. The molecular formula is C18H14FN3O4S. The number of thioether (sulfide) groups is 1. The Kier molecular flexibility index (Phi) is 4.93. The summed E-state index contributed by atoms with van der Waals surface area (Å²) in [5.74, 6) is 1.14. The van der Waals surface area contributed by atoms with Crippen LogP contribution in [0.15, 0.2) is 52.1 Å². The van der Waals surface area contributed by atoms with Crippen molar-refractivity contribution >= 4 is 17.7 Å². The van der Waals surface area contributed by atoms with Crippen molar-refractivity contribution in [1.82, 2.24) is 15.5 Å². The Morgan fingerprint density at radius 1 is 1.15 bits per heavy atom. The van der Waals surface area contributed by atoms with Gasteiger partial charge in [-0.15, -0.1) is 10.2 Å². The van der Waals surface area contributed by atoms with E-state index in [1.165, 1.54) is 12.1 Å². The molecular weight excluding hydrogens is 373 g/mol. The maximum Gasteiger partial charge on any atom is 0.277 e. The standard InChI is InChI=1S/C18H14FN3O4S/c19-13-3-1-2-12(7-13)17-21-22-18(26-17)27-9-16(23)20-8-11-4-5-14-15(6-11)25-10-24-14/h1-7H,8-10H2,(H,20,23). The van der Waals surface area contributed by atoms with Gasteiger partial charge in [0.2, 0.25) is 18.6 Å². The summed E-state index contributed by atoms with van der Waals surface area (Å²) in [6.07, 6.45) is 0. The first-order chi connectivity index (χ1) is 13.2. The zero-order valence-electron chi connectivity index (χ0n) is 14.0. The number of rotatable bonds is 6. The van der Waals surface area contributed by atoms with Crippen LogP contribution < -0.4 is 14.8 Å². The van der Waals surface area contributed by atoms with Crippen LogP contribution in [0.3, 0.4) is 0 Å². The molecule has 1 aromatic heterocycles. The molecule has 2 aromatic carbocycles. The van der Waals surface area contributed by atoms with E-state index < -0.39 is 0 Å². The smallest absolute Gasteiger partial charge is 0.277 e. The minimum Gasteiger partial charge on any atom is -0.454 e. The molecule has 0 radical (unpaired) electrons. The van der Waals surface area contributed by atoms with Gasteiger partial charge < -0.3 is 19.2 Å². The van der Waals surface area contributed by atoms with Gasteiger partial charge in [-0.2, -0.15) is 0 Å². The maximum atomic E-state index is 13.2. The number of nitrogens with zero attached hydrogens (tertiary/aromatic N) is 2. The Morgan fingerprint density at radius 3 is 2.93 bits per heavy atom. The van der Waals surface area contributed by atoms with Crippen LogP contribution in [0.5, 0.6) is 11.5 Å². The van der Waals surface area contributed by atoms with Gasteiger partial charge in [-0.1, -0.05) is 23.9 Å². The van der Waals surface area contributed by atoms with Crippen LogP contribution >= 0.6 is 11.8 Å². The van der Waals surface area contributed by atoms with Crippen LogP contribution in [0.2, 0.25) is 0 Å². The van der Waals surface area contributed by atoms with Crippen molar-refractivity contribution < 1.29 is 23.1 Å². The van der Waals surface area contributed by atoms with E-state index in [2.05, 4.69) is 15.5 Å². The van der Waals surface area contributed by atoms with E-state index in [9.17, 15) is 9.18 Å². The molecule has 138 valence electrons. The number of hydrogen-bond donors (Lipinski definition) is 1. The number of halogens is 1. The van der Waals surface area contributed by atoms with Crippen LogP contribution in [0.25, 0.3) is 11.5 Å². The molecule has 3 aromatic rings. The van der Waals surface area contributed by atoms with E-state index in [1.54, 1.807) is 12.1 Å². The van der Waals surface area contributed by atoms with Crippen molar-refractivity contribution in [3.05, 3.63) is 53.8 Å². The van der Waals surface area contributed by atoms with Crippen LogP contribution in [-0.2, 0) is 11.3 Å². The second-order valence-electron chi connectivity index (χ2n) is 5.64. The van der Waals surface area contributed by atoms with E-state index in [0.717, 1.165) is 17.3 Å². The average molecular weight is 387 g/mol. The van der Waals surface area contributed by atoms with Crippen LogP contribution in [-0.4, -0.2) is 28.7 Å². The molecule has 0 saturated carbocycles. The van der Waals surface area contributed by atoms with Gasteiger partial charge in [0.25, 0.3) is 5.22 Å². The maximum absolute atomic E-state index is 13.2. The van der Waals surface area contributed by atoms with Crippen molar-refractivity contribution in [3.8, 4) is 23.0 Å². The Labute approximate surface area is 157 Å². The van der Waals surface area contributed by atoms with Gasteiger partial charge in [0.05, 0.1) is 5.75 Å². The van der Waals surface area contributed by atoms with Crippen LogP contribution in [0.4, 0.5) is 4.39 Å². The lowest BCUT2D eigenvalue weighted by atomic mass is 10.2. The number of amides is 1. The summed E-state index contributed by atoms with van der Waals surface area (Å²) < 4.78 is 29.3. The first-order valence-electron chi connectivity index (χ1n) is 8.05. The highest BCUT2D eigenvalue weighted by molar-refractivity contribution is 7.99. The van der Waals surface area contributed by atoms with Crippen molar-refractivity contribution in [2.75, 3.05) is 12.5 Å². The topological polar surface area (TPSA) is 86.5 Å². The Morgan fingerprint density at radius 2 is 2.04 bits per heavy atom. The SMILES string of the molecule is O=C(CSc1nnc(-c2cccc(F)c2)o1)NCc1ccc2c(c1)OCO2. The summed E-state index contributed by atoms with van der Waals surface area (Å²) in [7, 11) is 0. The molecule has 4 rings (SSSR count). The fraction of sp³-hybridized carbons (Fsp3) is 0.167. The summed E-state index contributed by atoms with van der Waals surface area (Å²) in [5.41, 5.74) is 1.39. The number of benzene rings is 2. The van der Waals surface area contributed by atoms with E-state index in [-0.39, 0.29) is 35.4 Å². The second kappa shape index (κ2) is 7.67. The predicted molar refractivity (Wildman–Crippen MR) is 94.8 cm³/mol. The molecule has 9 heteroatoms. The average Bonchev–Trinajstić information content (AvgIpc) is 3.33. The number of fused-ring (bicyclic) bond motifs is 1. The molecule has 1 N–H and O–H groups in total. The molecule has 0 atom stereocenters. The molecule has 0 bridgehead atoms. The molecule has 27 heavy (non-hydrogen) atoms. The largest absolute Gasteiger partial charge is 0.454 e. The third-order valence-corrected chi connectivity index (χ3v) is 4.55. The summed E-state index contributed by atoms with van der Waals surface area (Å²) in [6.45, 7) is 0.581. The number of ether oxygens (including phenoxy) is 2. The lowest BCUT2D eigenvalue weighted by Gasteiger charge is -2.05. The number of aromatic nitrogens is 2. The molecule has 1 aliphatic rings. The Bertz CT molecular complexity index is 979. The van der Waals surface area contributed by atoms with Gasteiger partial charge in [0.15, 0.2) is 11.5 Å². The highest BCUT2D eigenvalue weighted by atomic mass is 32.2. The lowest BCUT2D eigenvalue weighted by Crippen LogP contribution is -2.24. The Hall–Kier alpha value is -3.07. The van der Waals surface area contributed by atoms with Gasteiger partial charge in [-0.3, -0.25) is 4.79 Å². The molecule has 0 saturated heterocycles. The highest BCUT2D eigenvalue weighted by Crippen LogP contribution is 2.32. The number of carbonyl (C=O) groups is 1. The summed E-state index contributed by atoms with van der Waals surface area (Å²) in [4.78, 5) is 12.0. The van der Waals surface area contributed by atoms with Gasteiger partial charge in [0.1, 0.15) is 5.82 Å². The molecule has 0 fully saturated rings. The van der Waals surface area contributed by atoms with Crippen molar-refractivity contribution in [3.63, 3.8) is 0 Å². The van der Waals surface area contributed by atoms with Crippen molar-refractivity contribution in [1.29, 1.82) is 0 Å². The van der Waals surface area contributed by atoms with E-state index in [1.807, 2.05) is 18.2 Å². The second-order valence-corrected chi connectivity index (χ2v) is 6.56. The number of nitrogens with one attached hydrogen (secondary N) is 1.